The van der Waals surface area contributed by atoms with Crippen LogP contribution in [0.25, 0.3) is 126 Å². The van der Waals surface area contributed by atoms with E-state index in [1.165, 1.54) is 48.5 Å². The molecule has 13 rings (SSSR count). The van der Waals surface area contributed by atoms with Gasteiger partial charge in [-0.15, -0.1) is 11.3 Å². The summed E-state index contributed by atoms with van der Waals surface area (Å²) < 4.78 is 11.0. The van der Waals surface area contributed by atoms with Gasteiger partial charge in [-0.05, 0) is 95.1 Å². The number of hydrogen-bond acceptors (Lipinski definition) is 5. The highest BCUT2D eigenvalue weighted by atomic mass is 32.1. The third-order valence-corrected chi connectivity index (χ3v) is 13.5. The molecule has 0 unspecified atom stereocenters. The van der Waals surface area contributed by atoms with E-state index in [9.17, 15) is 0 Å². The Labute approximate surface area is 365 Å². The molecule has 0 fully saturated rings. The first-order valence-electron chi connectivity index (χ1n) is 21.1. The summed E-state index contributed by atoms with van der Waals surface area (Å²) >= 11 is 1.78. The first-order valence-corrected chi connectivity index (χ1v) is 21.9. The molecular weight excluding hydrogens is 789 g/mol. The van der Waals surface area contributed by atoms with Gasteiger partial charge in [-0.2, -0.15) is 0 Å². The molecule has 0 bridgehead atoms. The van der Waals surface area contributed by atoms with E-state index in [-0.39, 0.29) is 0 Å². The fourth-order valence-electron chi connectivity index (χ4n) is 9.22. The van der Waals surface area contributed by atoms with E-state index in [1.54, 1.807) is 11.3 Å². The van der Waals surface area contributed by atoms with Crippen molar-refractivity contribution in [3.63, 3.8) is 0 Å². The van der Waals surface area contributed by atoms with Gasteiger partial charge in [0.2, 0.25) is 0 Å². The first-order chi connectivity index (χ1) is 31.2. The zero-order valence-electron chi connectivity index (χ0n) is 33.7. The zero-order chi connectivity index (χ0) is 41.4. The van der Waals surface area contributed by atoms with Crippen LogP contribution in [0, 0.1) is 0 Å². The summed E-state index contributed by atoms with van der Waals surface area (Å²) in [5.74, 6) is 1.85. The van der Waals surface area contributed by atoms with Crippen LogP contribution in [0.15, 0.2) is 211 Å². The van der Waals surface area contributed by atoms with Crippen LogP contribution >= 0.6 is 11.3 Å². The molecule has 0 saturated carbocycles. The monoisotopic (exact) mass is 822 g/mol. The quantitative estimate of drug-likeness (QED) is 0.168. The summed E-state index contributed by atoms with van der Waals surface area (Å²) in [6, 6.07) is 72.9. The average molecular weight is 823 g/mol. The average Bonchev–Trinajstić information content (AvgIpc) is 4.03. The Morgan fingerprint density at radius 1 is 0.349 bits per heavy atom. The third kappa shape index (κ3) is 5.87. The van der Waals surface area contributed by atoms with Gasteiger partial charge in [0.15, 0.2) is 17.5 Å². The normalized spacial score (nSPS) is 11.8. The summed E-state index contributed by atoms with van der Waals surface area (Å²) in [7, 11) is 0. The molecule has 0 radical (unpaired) electrons. The van der Waals surface area contributed by atoms with Crippen molar-refractivity contribution in [2.24, 2.45) is 0 Å². The molecule has 0 saturated heterocycles. The molecule has 0 N–H and O–H groups in total. The number of furan rings is 1. The lowest BCUT2D eigenvalue weighted by atomic mass is 10.0. The second kappa shape index (κ2) is 14.2. The van der Waals surface area contributed by atoms with Crippen LogP contribution in [0.5, 0.6) is 0 Å². The van der Waals surface area contributed by atoms with Crippen molar-refractivity contribution < 1.29 is 4.42 Å². The van der Waals surface area contributed by atoms with Gasteiger partial charge in [-0.25, -0.2) is 15.0 Å². The molecule has 0 aliphatic rings. The SMILES string of the molecule is c1ccc(-c2ccc3c4ccc(-c5ccccc5)cc4n(-c4ccc(-c5nc(-c6ccc7oc8ccccc8c7c6)nc(-c6cccc7c6sc6ccccc67)n5)cc4)c3c2)cc1. The van der Waals surface area contributed by atoms with E-state index in [2.05, 4.69) is 180 Å². The highest BCUT2D eigenvalue weighted by Crippen LogP contribution is 2.41. The number of benzene rings is 9. The number of fused-ring (bicyclic) bond motifs is 9. The maximum absolute atomic E-state index is 6.21. The smallest absolute Gasteiger partial charge is 0.165 e. The van der Waals surface area contributed by atoms with E-state index in [0.717, 1.165) is 60.0 Å². The van der Waals surface area contributed by atoms with Crippen LogP contribution in [0.3, 0.4) is 0 Å². The molecule has 0 atom stereocenters. The van der Waals surface area contributed by atoms with Crippen molar-refractivity contribution in [1.29, 1.82) is 0 Å². The van der Waals surface area contributed by atoms with Crippen molar-refractivity contribution in [3.05, 3.63) is 206 Å². The second-order valence-electron chi connectivity index (χ2n) is 16.0. The lowest BCUT2D eigenvalue weighted by Crippen LogP contribution is -2.01. The largest absolute Gasteiger partial charge is 0.456 e. The number of para-hydroxylation sites is 1. The van der Waals surface area contributed by atoms with Crippen molar-refractivity contribution in [2.75, 3.05) is 0 Å². The molecule has 0 aliphatic heterocycles. The maximum atomic E-state index is 6.21. The van der Waals surface area contributed by atoms with Crippen molar-refractivity contribution >= 4 is 75.3 Å². The Morgan fingerprint density at radius 2 is 0.905 bits per heavy atom. The highest BCUT2D eigenvalue weighted by molar-refractivity contribution is 7.26. The lowest BCUT2D eigenvalue weighted by molar-refractivity contribution is 0.669. The van der Waals surface area contributed by atoms with Gasteiger partial charge in [-0.3, -0.25) is 0 Å². The predicted octanol–water partition coefficient (Wildman–Crippen LogP) is 15.6. The molecule has 5 nitrogen and oxygen atoms in total. The van der Waals surface area contributed by atoms with Crippen LogP contribution in [-0.4, -0.2) is 19.5 Å². The number of rotatable bonds is 6. The van der Waals surface area contributed by atoms with Crippen molar-refractivity contribution in [3.8, 4) is 62.1 Å². The molecule has 294 valence electrons. The summed E-state index contributed by atoms with van der Waals surface area (Å²) in [6.07, 6.45) is 0. The summed E-state index contributed by atoms with van der Waals surface area (Å²) in [6.45, 7) is 0. The summed E-state index contributed by atoms with van der Waals surface area (Å²) in [5, 5.41) is 6.93. The molecule has 0 spiro atoms. The Morgan fingerprint density at radius 3 is 1.62 bits per heavy atom. The molecule has 6 heteroatoms. The standard InChI is InChI=1S/C57H34N4OS/c1-3-12-35(13-4-1)38-24-29-42-43-30-25-39(36-14-5-2-6-15-36)34-50(43)61(49(42)33-38)41-27-22-37(23-28-41)55-58-56(40-26-31-52-48(32-40)44-16-7-9-20-51(44)62-52)60-57(59-55)47-19-11-18-46-45-17-8-10-21-53(45)63-54(46)47/h1-34H. The van der Waals surface area contributed by atoms with Crippen LogP contribution in [-0.2, 0) is 0 Å². The van der Waals surface area contributed by atoms with Gasteiger partial charge in [0, 0.05) is 64.1 Å². The van der Waals surface area contributed by atoms with Crippen LogP contribution in [0.2, 0.25) is 0 Å². The number of aromatic nitrogens is 4. The number of thiophene rings is 1. The number of hydrogen-bond donors (Lipinski definition) is 0. The van der Waals surface area contributed by atoms with Gasteiger partial charge in [0.1, 0.15) is 11.2 Å². The minimum Gasteiger partial charge on any atom is -0.456 e. The maximum Gasteiger partial charge on any atom is 0.165 e. The Hall–Kier alpha value is -8.19. The van der Waals surface area contributed by atoms with Gasteiger partial charge in [0.05, 0.1) is 11.0 Å². The van der Waals surface area contributed by atoms with Gasteiger partial charge in [0.25, 0.3) is 0 Å². The van der Waals surface area contributed by atoms with E-state index in [0.29, 0.717) is 17.5 Å². The molecule has 9 aromatic carbocycles. The molecular formula is C57H34N4OS. The molecule has 63 heavy (non-hydrogen) atoms. The van der Waals surface area contributed by atoms with Crippen LogP contribution < -0.4 is 0 Å². The lowest BCUT2D eigenvalue weighted by Gasteiger charge is -2.12. The molecule has 0 amide bonds. The summed E-state index contributed by atoms with van der Waals surface area (Å²) in [5.41, 5.74) is 12.5. The van der Waals surface area contributed by atoms with E-state index in [1.807, 2.05) is 30.3 Å². The zero-order valence-corrected chi connectivity index (χ0v) is 34.6. The van der Waals surface area contributed by atoms with Crippen LogP contribution in [0.4, 0.5) is 0 Å². The predicted molar refractivity (Wildman–Crippen MR) is 262 cm³/mol. The molecule has 4 heterocycles. The summed E-state index contributed by atoms with van der Waals surface area (Å²) in [4.78, 5) is 15.7. The number of nitrogens with zero attached hydrogens (tertiary/aromatic N) is 4. The molecule has 4 aromatic heterocycles. The van der Waals surface area contributed by atoms with Crippen molar-refractivity contribution in [1.82, 2.24) is 19.5 Å². The van der Waals surface area contributed by atoms with Crippen molar-refractivity contribution in [2.45, 2.75) is 0 Å². The highest BCUT2D eigenvalue weighted by Gasteiger charge is 2.19. The second-order valence-corrected chi connectivity index (χ2v) is 17.0. The molecule has 0 aliphatic carbocycles. The van der Waals surface area contributed by atoms with Gasteiger partial charge >= 0.3 is 0 Å². The minimum absolute atomic E-state index is 0.605. The minimum atomic E-state index is 0.605. The van der Waals surface area contributed by atoms with E-state index < -0.39 is 0 Å². The van der Waals surface area contributed by atoms with Gasteiger partial charge < -0.3 is 8.98 Å². The Bertz CT molecular complexity index is 3810. The fourth-order valence-corrected chi connectivity index (χ4v) is 10.4. The fraction of sp³-hybridized carbons (Fsp3) is 0. The third-order valence-electron chi connectivity index (χ3n) is 12.3. The van der Waals surface area contributed by atoms with Gasteiger partial charge in [-0.1, -0.05) is 133 Å². The molecule has 13 aromatic rings. The first kappa shape index (κ1) is 35.6. The van der Waals surface area contributed by atoms with E-state index >= 15 is 0 Å². The Balaban J connectivity index is 0.995. The topological polar surface area (TPSA) is 56.7 Å². The Kier molecular flexibility index (Phi) is 8.01. The van der Waals surface area contributed by atoms with Crippen LogP contribution in [0.1, 0.15) is 0 Å². The van der Waals surface area contributed by atoms with E-state index in [4.69, 9.17) is 19.4 Å².